The lowest BCUT2D eigenvalue weighted by atomic mass is 9.82. The van der Waals surface area contributed by atoms with Gasteiger partial charge in [-0.25, -0.2) is 0 Å². The third-order valence-electron chi connectivity index (χ3n) is 7.44. The van der Waals surface area contributed by atoms with Crippen LogP contribution in [0, 0.1) is 12.8 Å². The van der Waals surface area contributed by atoms with Gasteiger partial charge in [-0.05, 0) is 67.1 Å². The number of amides is 2. The van der Waals surface area contributed by atoms with Crippen LogP contribution < -0.4 is 19.7 Å². The van der Waals surface area contributed by atoms with E-state index in [1.54, 1.807) is 19.1 Å². The number of carbonyl (C=O) groups excluding carboxylic acids is 2. The number of carbonyl (C=O) groups is 2. The SMILES string of the molecule is COc1ccc(C2C(C(=O)NC3CCc4ccccc43)CCC(=O)N2c2ccc(C)cc2)cc1OC. The van der Waals surface area contributed by atoms with Gasteiger partial charge in [0.05, 0.1) is 32.2 Å². The highest BCUT2D eigenvalue weighted by Crippen LogP contribution is 2.43. The highest BCUT2D eigenvalue weighted by atomic mass is 16.5. The quantitative estimate of drug-likeness (QED) is 0.516. The van der Waals surface area contributed by atoms with E-state index in [-0.39, 0.29) is 17.9 Å². The molecule has 0 bridgehead atoms. The third kappa shape index (κ3) is 4.43. The van der Waals surface area contributed by atoms with Crippen LogP contribution in [0.25, 0.3) is 0 Å². The summed E-state index contributed by atoms with van der Waals surface area (Å²) in [6, 6.07) is 21.4. The summed E-state index contributed by atoms with van der Waals surface area (Å²) < 4.78 is 11.0. The maximum Gasteiger partial charge on any atom is 0.227 e. The number of hydrogen-bond donors (Lipinski definition) is 1. The molecule has 36 heavy (non-hydrogen) atoms. The first kappa shape index (κ1) is 23.9. The van der Waals surface area contributed by atoms with E-state index < -0.39 is 12.0 Å². The summed E-state index contributed by atoms with van der Waals surface area (Å²) in [6.45, 7) is 2.02. The first-order chi connectivity index (χ1) is 17.5. The maximum atomic E-state index is 13.9. The Bertz CT molecular complexity index is 1270. The van der Waals surface area contributed by atoms with Gasteiger partial charge in [-0.1, -0.05) is 48.0 Å². The fourth-order valence-electron chi connectivity index (χ4n) is 5.58. The first-order valence-corrected chi connectivity index (χ1v) is 12.5. The summed E-state index contributed by atoms with van der Waals surface area (Å²) in [7, 11) is 3.18. The van der Waals surface area contributed by atoms with Crippen molar-refractivity contribution in [2.24, 2.45) is 5.92 Å². The van der Waals surface area contributed by atoms with E-state index in [1.807, 2.05) is 61.5 Å². The van der Waals surface area contributed by atoms with Crippen LogP contribution in [0.4, 0.5) is 5.69 Å². The number of aryl methyl sites for hydroxylation is 2. The number of nitrogens with one attached hydrogen (secondary N) is 1. The highest BCUT2D eigenvalue weighted by Gasteiger charge is 2.42. The molecule has 186 valence electrons. The number of nitrogens with zero attached hydrogens (tertiary/aromatic N) is 1. The molecule has 5 rings (SSSR count). The summed E-state index contributed by atoms with van der Waals surface area (Å²) in [6.07, 6.45) is 2.65. The van der Waals surface area contributed by atoms with E-state index in [2.05, 4.69) is 17.4 Å². The molecule has 1 fully saturated rings. The van der Waals surface area contributed by atoms with Crippen molar-refractivity contribution in [3.05, 3.63) is 89.0 Å². The normalized spacial score (nSPS) is 21.1. The molecule has 1 aliphatic heterocycles. The van der Waals surface area contributed by atoms with Gasteiger partial charge in [0.15, 0.2) is 11.5 Å². The van der Waals surface area contributed by atoms with Gasteiger partial charge in [0.2, 0.25) is 11.8 Å². The lowest BCUT2D eigenvalue weighted by molar-refractivity contribution is -0.129. The number of methoxy groups -OCH3 is 2. The minimum Gasteiger partial charge on any atom is -0.493 e. The summed E-state index contributed by atoms with van der Waals surface area (Å²) in [4.78, 5) is 29.0. The predicted octanol–water partition coefficient (Wildman–Crippen LogP) is 5.30. The molecule has 0 saturated carbocycles. The van der Waals surface area contributed by atoms with Crippen molar-refractivity contribution >= 4 is 17.5 Å². The van der Waals surface area contributed by atoms with Gasteiger partial charge in [-0.2, -0.15) is 0 Å². The molecule has 1 aliphatic carbocycles. The standard InChI is InChI=1S/C30H32N2O4/c1-19-8-12-22(13-9-19)32-28(33)17-14-24(29(32)21-11-16-26(35-2)27(18-21)36-3)30(34)31-25-15-10-20-6-4-5-7-23(20)25/h4-9,11-13,16,18,24-25,29H,10,14-15,17H2,1-3H3,(H,31,34). The molecule has 2 aliphatic rings. The smallest absolute Gasteiger partial charge is 0.227 e. The van der Waals surface area contributed by atoms with Gasteiger partial charge in [0.1, 0.15) is 0 Å². The molecule has 2 amide bonds. The molecule has 1 heterocycles. The molecular weight excluding hydrogens is 452 g/mol. The van der Waals surface area contributed by atoms with Gasteiger partial charge in [-0.3, -0.25) is 9.59 Å². The number of piperidine rings is 1. The molecule has 3 aromatic rings. The van der Waals surface area contributed by atoms with Crippen molar-refractivity contribution in [2.75, 3.05) is 19.1 Å². The Hall–Kier alpha value is -3.80. The molecule has 6 nitrogen and oxygen atoms in total. The lowest BCUT2D eigenvalue weighted by Gasteiger charge is -2.41. The first-order valence-electron chi connectivity index (χ1n) is 12.5. The number of benzene rings is 3. The Balaban J connectivity index is 1.53. The molecule has 6 heteroatoms. The monoisotopic (exact) mass is 484 g/mol. The van der Waals surface area contributed by atoms with E-state index in [9.17, 15) is 9.59 Å². The van der Waals surface area contributed by atoms with Crippen molar-refractivity contribution in [3.8, 4) is 11.5 Å². The van der Waals surface area contributed by atoms with Crippen LogP contribution in [0.2, 0.25) is 0 Å². The number of anilines is 1. The molecule has 3 aromatic carbocycles. The van der Waals surface area contributed by atoms with E-state index in [0.717, 1.165) is 29.7 Å². The second-order valence-electron chi connectivity index (χ2n) is 9.60. The maximum absolute atomic E-state index is 13.9. The fourth-order valence-corrected chi connectivity index (χ4v) is 5.58. The molecule has 0 aromatic heterocycles. The molecule has 0 radical (unpaired) electrons. The highest BCUT2D eigenvalue weighted by molar-refractivity contribution is 5.97. The van der Waals surface area contributed by atoms with Crippen molar-refractivity contribution in [2.45, 2.75) is 44.7 Å². The lowest BCUT2D eigenvalue weighted by Crippen LogP contribution is -2.48. The summed E-state index contributed by atoms with van der Waals surface area (Å²) >= 11 is 0. The molecule has 0 spiro atoms. The average molecular weight is 485 g/mol. The number of rotatable bonds is 6. The molecule has 3 unspecified atom stereocenters. The third-order valence-corrected chi connectivity index (χ3v) is 7.44. The van der Waals surface area contributed by atoms with Gasteiger partial charge < -0.3 is 19.7 Å². The molecule has 1 saturated heterocycles. The van der Waals surface area contributed by atoms with E-state index >= 15 is 0 Å². The second kappa shape index (κ2) is 10.1. The number of hydrogen-bond acceptors (Lipinski definition) is 4. The van der Waals surface area contributed by atoms with Crippen molar-refractivity contribution in [1.29, 1.82) is 0 Å². The van der Waals surface area contributed by atoms with E-state index in [1.165, 1.54) is 11.1 Å². The Kier molecular flexibility index (Phi) is 6.68. The minimum absolute atomic E-state index is 0.00824. The average Bonchev–Trinajstić information content (AvgIpc) is 3.31. The minimum atomic E-state index is -0.467. The molecular formula is C30H32N2O4. The van der Waals surface area contributed by atoms with Crippen LogP contribution in [0.1, 0.15) is 53.6 Å². The summed E-state index contributed by atoms with van der Waals surface area (Å²) in [5.41, 5.74) is 5.22. The van der Waals surface area contributed by atoms with Crippen LogP contribution in [0.3, 0.4) is 0 Å². The van der Waals surface area contributed by atoms with Crippen molar-refractivity contribution in [1.82, 2.24) is 5.32 Å². The second-order valence-corrected chi connectivity index (χ2v) is 9.60. The number of fused-ring (bicyclic) bond motifs is 1. The zero-order valence-corrected chi connectivity index (χ0v) is 21.0. The Morgan fingerprint density at radius 2 is 1.67 bits per heavy atom. The van der Waals surface area contributed by atoms with Crippen molar-refractivity contribution in [3.63, 3.8) is 0 Å². The van der Waals surface area contributed by atoms with Gasteiger partial charge >= 0.3 is 0 Å². The fraction of sp³-hybridized carbons (Fsp3) is 0.333. The van der Waals surface area contributed by atoms with Crippen LogP contribution in [0.15, 0.2) is 66.7 Å². The summed E-state index contributed by atoms with van der Waals surface area (Å²) in [5, 5.41) is 3.32. The van der Waals surface area contributed by atoms with E-state index in [0.29, 0.717) is 24.3 Å². The van der Waals surface area contributed by atoms with Gasteiger partial charge in [-0.15, -0.1) is 0 Å². The largest absolute Gasteiger partial charge is 0.493 e. The molecule has 3 atom stereocenters. The zero-order chi connectivity index (χ0) is 25.2. The van der Waals surface area contributed by atoms with Crippen LogP contribution >= 0.6 is 0 Å². The van der Waals surface area contributed by atoms with Gasteiger partial charge in [0, 0.05) is 12.1 Å². The van der Waals surface area contributed by atoms with E-state index in [4.69, 9.17) is 9.47 Å². The Morgan fingerprint density at radius 1 is 0.917 bits per heavy atom. The van der Waals surface area contributed by atoms with Crippen molar-refractivity contribution < 1.29 is 19.1 Å². The predicted molar refractivity (Wildman–Crippen MR) is 139 cm³/mol. The Labute approximate surface area is 212 Å². The van der Waals surface area contributed by atoms with Crippen LogP contribution in [-0.2, 0) is 16.0 Å². The van der Waals surface area contributed by atoms with Crippen LogP contribution in [0.5, 0.6) is 11.5 Å². The topological polar surface area (TPSA) is 67.9 Å². The Morgan fingerprint density at radius 3 is 2.42 bits per heavy atom. The van der Waals surface area contributed by atoms with Gasteiger partial charge in [0.25, 0.3) is 0 Å². The zero-order valence-electron chi connectivity index (χ0n) is 21.0. The molecule has 1 N–H and O–H groups in total. The number of ether oxygens (including phenoxy) is 2. The van der Waals surface area contributed by atoms with Crippen LogP contribution in [-0.4, -0.2) is 26.0 Å². The summed E-state index contributed by atoms with van der Waals surface area (Å²) in [5.74, 6) is 0.749.